The number of nitrogens with zero attached hydrogens (tertiary/aromatic N) is 2. The lowest BCUT2D eigenvalue weighted by Gasteiger charge is -2.08. The summed E-state index contributed by atoms with van der Waals surface area (Å²) < 4.78 is 0. The van der Waals surface area contributed by atoms with Gasteiger partial charge in [0.05, 0.1) is 23.1 Å². The van der Waals surface area contributed by atoms with Gasteiger partial charge in [0.2, 0.25) is 0 Å². The molecule has 0 saturated heterocycles. The van der Waals surface area contributed by atoms with Crippen LogP contribution in [0.3, 0.4) is 0 Å². The van der Waals surface area contributed by atoms with Crippen molar-refractivity contribution in [2.24, 2.45) is 0 Å². The molecule has 0 amide bonds. The van der Waals surface area contributed by atoms with Gasteiger partial charge < -0.3 is 0 Å². The molecule has 118 valence electrons. The molecule has 1 heterocycles. The van der Waals surface area contributed by atoms with Crippen molar-refractivity contribution in [2.75, 3.05) is 5.75 Å². The number of para-hydroxylation sites is 2. The van der Waals surface area contributed by atoms with Crippen LogP contribution in [0.2, 0.25) is 0 Å². The fraction of sp³-hybridized carbons (Fsp3) is 0.471. The first kappa shape index (κ1) is 17.3. The number of carbonyl (C=O) groups is 1. The Morgan fingerprint density at radius 1 is 1.09 bits per heavy atom. The maximum Gasteiger partial charge on any atom is 0.191 e. The average Bonchev–Trinajstić information content (AvgIpc) is 2.50. The van der Waals surface area contributed by atoms with Gasteiger partial charge in [-0.05, 0) is 24.3 Å². The number of fused-ring (bicyclic) bond motifs is 1. The van der Waals surface area contributed by atoms with Gasteiger partial charge in [-0.25, -0.2) is 9.97 Å². The minimum atomic E-state index is -0.172. The predicted octanol–water partition coefficient (Wildman–Crippen LogP) is 4.69. The topological polar surface area (TPSA) is 42.9 Å². The number of hydrogen-bond donors (Lipinski definition) is 1. The summed E-state index contributed by atoms with van der Waals surface area (Å²) in [6, 6.07) is 7.78. The van der Waals surface area contributed by atoms with E-state index in [1.807, 2.05) is 24.3 Å². The zero-order valence-corrected chi connectivity index (χ0v) is 14.6. The van der Waals surface area contributed by atoms with Crippen LogP contribution in [-0.4, -0.2) is 20.8 Å². The number of aromatic nitrogens is 2. The lowest BCUT2D eigenvalue weighted by atomic mass is 10.2. The highest BCUT2D eigenvalue weighted by Gasteiger charge is 2.11. The molecular formula is C17H22N2OS2. The summed E-state index contributed by atoms with van der Waals surface area (Å²) in [5, 5.41) is 0.700. The van der Waals surface area contributed by atoms with Gasteiger partial charge in [0.15, 0.2) is 5.12 Å². The van der Waals surface area contributed by atoms with Crippen molar-refractivity contribution in [1.82, 2.24) is 9.97 Å². The first-order valence-corrected chi connectivity index (χ1v) is 9.24. The van der Waals surface area contributed by atoms with Crippen molar-refractivity contribution >= 4 is 40.5 Å². The Balaban J connectivity index is 2.06. The van der Waals surface area contributed by atoms with Crippen LogP contribution in [0.15, 0.2) is 29.3 Å². The second-order valence-corrected chi connectivity index (χ2v) is 6.88. The van der Waals surface area contributed by atoms with Crippen LogP contribution in [0.5, 0.6) is 0 Å². The van der Waals surface area contributed by atoms with E-state index in [4.69, 9.17) is 0 Å². The normalized spacial score (nSPS) is 11.0. The van der Waals surface area contributed by atoms with E-state index in [0.29, 0.717) is 0 Å². The number of hydrogen-bond acceptors (Lipinski definition) is 4. The molecule has 0 unspecified atom stereocenters. The standard InChI is InChI=1S/C17H22N2OS2/c1-2-3-4-5-8-11-22-17-15(12-16(20)21)18-13-9-6-7-10-14(13)19-17/h6-7,9-10H,2-5,8,11-12H2,1H3,(H,20,21). The van der Waals surface area contributed by atoms with E-state index >= 15 is 0 Å². The molecule has 0 fully saturated rings. The van der Waals surface area contributed by atoms with E-state index in [1.165, 1.54) is 32.1 Å². The molecule has 0 radical (unpaired) electrons. The molecule has 0 bridgehead atoms. The van der Waals surface area contributed by atoms with E-state index < -0.39 is 0 Å². The number of rotatable bonds is 9. The molecule has 0 aliphatic rings. The van der Waals surface area contributed by atoms with Crippen molar-refractivity contribution in [2.45, 2.75) is 50.5 Å². The third-order valence-electron chi connectivity index (χ3n) is 3.41. The molecule has 5 heteroatoms. The number of carbonyl (C=O) groups excluding carboxylic acids is 1. The van der Waals surface area contributed by atoms with Crippen molar-refractivity contribution in [3.63, 3.8) is 0 Å². The summed E-state index contributed by atoms with van der Waals surface area (Å²) in [5.74, 6) is 1.02. The molecule has 3 nitrogen and oxygen atoms in total. The van der Waals surface area contributed by atoms with Gasteiger partial charge in [-0.15, -0.1) is 24.4 Å². The SMILES string of the molecule is CCCCCCCSc1nc2ccccc2nc1CC(=O)S. The van der Waals surface area contributed by atoms with Crippen LogP contribution in [-0.2, 0) is 11.2 Å². The summed E-state index contributed by atoms with van der Waals surface area (Å²) >= 11 is 5.59. The second kappa shape index (κ2) is 9.16. The zero-order chi connectivity index (χ0) is 15.8. The summed E-state index contributed by atoms with van der Waals surface area (Å²) in [4.78, 5) is 20.6. The first-order valence-electron chi connectivity index (χ1n) is 7.81. The number of unbranched alkanes of at least 4 members (excludes halogenated alkanes) is 4. The number of thioether (sulfide) groups is 1. The summed E-state index contributed by atoms with van der Waals surface area (Å²) in [6.07, 6.45) is 6.52. The van der Waals surface area contributed by atoms with E-state index in [1.54, 1.807) is 11.8 Å². The zero-order valence-electron chi connectivity index (χ0n) is 12.9. The van der Waals surface area contributed by atoms with Gasteiger partial charge in [0.1, 0.15) is 5.03 Å². The van der Waals surface area contributed by atoms with Gasteiger partial charge in [-0.3, -0.25) is 4.79 Å². The van der Waals surface area contributed by atoms with Crippen molar-refractivity contribution in [3.05, 3.63) is 30.0 Å². The summed E-state index contributed by atoms with van der Waals surface area (Å²) in [6.45, 7) is 2.22. The molecule has 2 aromatic rings. The fourth-order valence-electron chi connectivity index (χ4n) is 2.27. The highest BCUT2D eigenvalue weighted by atomic mass is 32.2. The predicted molar refractivity (Wildman–Crippen MR) is 96.7 cm³/mol. The van der Waals surface area contributed by atoms with Crippen LogP contribution in [0.25, 0.3) is 11.0 Å². The maximum absolute atomic E-state index is 11.3. The number of benzene rings is 1. The van der Waals surface area contributed by atoms with Gasteiger partial charge in [-0.2, -0.15) is 0 Å². The molecule has 0 aliphatic carbocycles. The highest BCUT2D eigenvalue weighted by Crippen LogP contribution is 2.24. The van der Waals surface area contributed by atoms with E-state index in [2.05, 4.69) is 29.5 Å². The van der Waals surface area contributed by atoms with Crippen LogP contribution in [0.1, 0.15) is 44.7 Å². The van der Waals surface area contributed by atoms with E-state index in [-0.39, 0.29) is 11.5 Å². The van der Waals surface area contributed by atoms with Gasteiger partial charge >= 0.3 is 0 Å². The minimum Gasteiger partial charge on any atom is -0.287 e. The molecule has 0 atom stereocenters. The lowest BCUT2D eigenvalue weighted by molar-refractivity contribution is -0.110. The molecular weight excluding hydrogens is 312 g/mol. The average molecular weight is 335 g/mol. The molecule has 22 heavy (non-hydrogen) atoms. The van der Waals surface area contributed by atoms with Crippen LogP contribution in [0, 0.1) is 0 Å². The molecule has 2 rings (SSSR count). The fourth-order valence-corrected chi connectivity index (χ4v) is 3.41. The molecule has 0 N–H and O–H groups in total. The van der Waals surface area contributed by atoms with Gasteiger partial charge in [0.25, 0.3) is 0 Å². The van der Waals surface area contributed by atoms with Crippen LogP contribution < -0.4 is 0 Å². The Morgan fingerprint density at radius 2 is 1.77 bits per heavy atom. The minimum absolute atomic E-state index is 0.172. The smallest absolute Gasteiger partial charge is 0.191 e. The first-order chi connectivity index (χ1) is 10.7. The number of thiol groups is 1. The Morgan fingerprint density at radius 3 is 2.45 bits per heavy atom. The summed E-state index contributed by atoms with van der Waals surface area (Å²) in [5.41, 5.74) is 2.46. The third kappa shape index (κ3) is 5.29. The highest BCUT2D eigenvalue weighted by molar-refractivity contribution is 7.99. The Labute approximate surface area is 141 Å². The molecule has 1 aromatic carbocycles. The maximum atomic E-state index is 11.3. The van der Waals surface area contributed by atoms with Crippen LogP contribution >= 0.6 is 24.4 Å². The third-order valence-corrected chi connectivity index (χ3v) is 4.66. The Hall–Kier alpha value is -1.07. The van der Waals surface area contributed by atoms with E-state index in [0.717, 1.165) is 27.5 Å². The molecule has 0 spiro atoms. The molecule has 1 aromatic heterocycles. The van der Waals surface area contributed by atoms with Gasteiger partial charge in [-0.1, -0.05) is 44.7 Å². The Bertz CT molecular complexity index is 631. The molecule has 0 aliphatic heterocycles. The summed E-state index contributed by atoms with van der Waals surface area (Å²) in [7, 11) is 0. The Kier molecular flexibility index (Phi) is 7.19. The van der Waals surface area contributed by atoms with Crippen LogP contribution in [0.4, 0.5) is 0 Å². The lowest BCUT2D eigenvalue weighted by Crippen LogP contribution is -2.03. The van der Waals surface area contributed by atoms with Crippen molar-refractivity contribution in [3.8, 4) is 0 Å². The van der Waals surface area contributed by atoms with Crippen molar-refractivity contribution < 1.29 is 4.79 Å². The quantitative estimate of drug-likeness (QED) is 0.410. The van der Waals surface area contributed by atoms with E-state index in [9.17, 15) is 4.79 Å². The second-order valence-electron chi connectivity index (χ2n) is 5.30. The van der Waals surface area contributed by atoms with Crippen molar-refractivity contribution in [1.29, 1.82) is 0 Å². The largest absolute Gasteiger partial charge is 0.287 e. The molecule has 0 saturated carbocycles. The monoisotopic (exact) mass is 334 g/mol. The van der Waals surface area contributed by atoms with Gasteiger partial charge in [0, 0.05) is 0 Å².